The number of aromatic nitrogens is 1. The molecule has 2 aliphatic heterocycles. The van der Waals surface area contributed by atoms with Crippen LogP contribution in [0, 0.1) is 5.92 Å². The van der Waals surface area contributed by atoms with Gasteiger partial charge in [-0.05, 0) is 37.5 Å². The fraction of sp³-hybridized carbons (Fsp3) is 0.423. The number of hydrogen-bond acceptors (Lipinski definition) is 8. The maximum atomic E-state index is 13.0. The zero-order valence-corrected chi connectivity index (χ0v) is 22.2. The van der Waals surface area contributed by atoms with Crippen LogP contribution in [0.1, 0.15) is 24.8 Å². The van der Waals surface area contributed by atoms with Crippen LogP contribution >= 0.6 is 23.8 Å². The molecule has 11 heteroatoms. The molecule has 3 heterocycles. The predicted molar refractivity (Wildman–Crippen MR) is 145 cm³/mol. The van der Waals surface area contributed by atoms with Crippen LogP contribution in [0.3, 0.4) is 0 Å². The van der Waals surface area contributed by atoms with Crippen molar-refractivity contribution in [1.29, 1.82) is 0 Å². The predicted octanol–water partition coefficient (Wildman–Crippen LogP) is 3.21. The summed E-state index contributed by atoms with van der Waals surface area (Å²) >= 11 is 11.9. The van der Waals surface area contributed by atoms with Gasteiger partial charge in [0.05, 0.1) is 35.7 Å². The van der Waals surface area contributed by atoms with Crippen molar-refractivity contribution < 1.29 is 24.1 Å². The number of rotatable bonds is 11. The van der Waals surface area contributed by atoms with Crippen molar-refractivity contribution >= 4 is 40.4 Å². The highest BCUT2D eigenvalue weighted by molar-refractivity contribution is 7.81. The Morgan fingerprint density at radius 1 is 1.38 bits per heavy atom. The Morgan fingerprint density at radius 2 is 2.24 bits per heavy atom. The summed E-state index contributed by atoms with van der Waals surface area (Å²) in [7, 11) is 1.51. The van der Waals surface area contributed by atoms with Gasteiger partial charge in [0, 0.05) is 49.7 Å². The van der Waals surface area contributed by atoms with Crippen molar-refractivity contribution in [2.45, 2.75) is 31.9 Å². The highest BCUT2D eigenvalue weighted by Crippen LogP contribution is 2.33. The van der Waals surface area contributed by atoms with Gasteiger partial charge in [0.25, 0.3) is 5.91 Å². The number of carbonyl (C=O) groups is 1. The molecule has 2 atom stereocenters. The smallest absolute Gasteiger partial charge is 0.256 e. The fourth-order valence-corrected chi connectivity index (χ4v) is 4.99. The zero-order valence-electron chi connectivity index (χ0n) is 20.6. The SMILES string of the molecule is COc1c(Cl)cccc1NC(=S)C1=C(NCc2ccncc2OC[C@@H]2CCCO2)C(CCO)CNC1=O. The van der Waals surface area contributed by atoms with E-state index >= 15 is 0 Å². The van der Waals surface area contributed by atoms with E-state index < -0.39 is 0 Å². The molecule has 0 spiro atoms. The van der Waals surface area contributed by atoms with Crippen LogP contribution in [-0.2, 0) is 16.1 Å². The van der Waals surface area contributed by atoms with Crippen LogP contribution < -0.4 is 25.4 Å². The first-order valence-electron chi connectivity index (χ1n) is 12.2. The van der Waals surface area contributed by atoms with E-state index in [1.807, 2.05) is 6.07 Å². The summed E-state index contributed by atoms with van der Waals surface area (Å²) in [5.74, 6) is 0.613. The number of ether oxygens (including phenoxy) is 3. The first-order valence-corrected chi connectivity index (χ1v) is 13.0. The largest absolute Gasteiger partial charge is 0.493 e. The molecular formula is C26H31ClN4O5S. The second kappa shape index (κ2) is 13.0. The molecule has 198 valence electrons. The van der Waals surface area contributed by atoms with Crippen molar-refractivity contribution in [1.82, 2.24) is 15.6 Å². The molecule has 2 aromatic rings. The minimum atomic E-state index is -0.306. The van der Waals surface area contributed by atoms with E-state index in [0.29, 0.717) is 59.6 Å². The molecule has 4 N–H and O–H groups in total. The lowest BCUT2D eigenvalue weighted by Gasteiger charge is -2.30. The van der Waals surface area contributed by atoms with Crippen molar-refractivity contribution in [3.8, 4) is 11.5 Å². The number of aliphatic hydroxyl groups excluding tert-OH is 1. The zero-order chi connectivity index (χ0) is 26.2. The van der Waals surface area contributed by atoms with Crippen LogP contribution in [0.2, 0.25) is 5.02 Å². The number of carbonyl (C=O) groups excluding carboxylic acids is 1. The molecule has 0 radical (unpaired) electrons. The van der Waals surface area contributed by atoms with E-state index in [1.165, 1.54) is 7.11 Å². The molecule has 0 aliphatic carbocycles. The third-order valence-corrected chi connectivity index (χ3v) is 6.93. The highest BCUT2D eigenvalue weighted by Gasteiger charge is 2.31. The number of para-hydroxylation sites is 1. The van der Waals surface area contributed by atoms with Gasteiger partial charge in [-0.2, -0.15) is 0 Å². The molecule has 0 bridgehead atoms. The summed E-state index contributed by atoms with van der Waals surface area (Å²) in [6.07, 6.45) is 5.92. The summed E-state index contributed by atoms with van der Waals surface area (Å²) in [5, 5.41) is 19.5. The third kappa shape index (κ3) is 6.70. The average Bonchev–Trinajstić information content (AvgIpc) is 3.42. The highest BCUT2D eigenvalue weighted by atomic mass is 35.5. The van der Waals surface area contributed by atoms with E-state index in [1.54, 1.807) is 30.6 Å². The van der Waals surface area contributed by atoms with Crippen LogP contribution in [-0.4, -0.2) is 60.6 Å². The molecule has 1 aromatic heterocycles. The van der Waals surface area contributed by atoms with Gasteiger partial charge in [-0.3, -0.25) is 9.78 Å². The molecule has 1 aromatic carbocycles. The number of amides is 1. The van der Waals surface area contributed by atoms with Gasteiger partial charge in [-0.15, -0.1) is 0 Å². The van der Waals surface area contributed by atoms with Crippen molar-refractivity contribution in [2.75, 3.05) is 38.8 Å². The molecule has 4 rings (SSSR count). The topological polar surface area (TPSA) is 114 Å². The summed E-state index contributed by atoms with van der Waals surface area (Å²) in [5.41, 5.74) is 2.38. The average molecular weight is 547 g/mol. The van der Waals surface area contributed by atoms with Gasteiger partial charge in [-0.1, -0.05) is 29.9 Å². The number of anilines is 1. The number of nitrogens with one attached hydrogen (secondary N) is 3. The van der Waals surface area contributed by atoms with Crippen LogP contribution in [0.25, 0.3) is 0 Å². The van der Waals surface area contributed by atoms with E-state index in [9.17, 15) is 9.90 Å². The van der Waals surface area contributed by atoms with Gasteiger partial charge in [0.1, 0.15) is 17.3 Å². The van der Waals surface area contributed by atoms with Gasteiger partial charge >= 0.3 is 0 Å². The minimum Gasteiger partial charge on any atom is -0.493 e. The quantitative estimate of drug-likeness (QED) is 0.315. The Kier molecular flexibility index (Phi) is 9.56. The van der Waals surface area contributed by atoms with Crippen LogP contribution in [0.4, 0.5) is 5.69 Å². The summed E-state index contributed by atoms with van der Waals surface area (Å²) in [6.45, 7) is 1.94. The number of pyridine rings is 1. The van der Waals surface area contributed by atoms with Crippen molar-refractivity contribution in [3.63, 3.8) is 0 Å². The lowest BCUT2D eigenvalue weighted by atomic mass is 9.92. The molecule has 0 saturated carbocycles. The van der Waals surface area contributed by atoms with Gasteiger partial charge in [-0.25, -0.2) is 0 Å². The van der Waals surface area contributed by atoms with Gasteiger partial charge < -0.3 is 35.3 Å². The van der Waals surface area contributed by atoms with Crippen molar-refractivity contribution in [2.24, 2.45) is 5.92 Å². The normalized spacial score (nSPS) is 19.4. The number of thiocarbonyl (C=S) groups is 1. The molecule has 2 aliphatic rings. The first-order chi connectivity index (χ1) is 18.0. The summed E-state index contributed by atoms with van der Waals surface area (Å²) < 4.78 is 17.1. The summed E-state index contributed by atoms with van der Waals surface area (Å²) in [6, 6.07) is 7.11. The maximum Gasteiger partial charge on any atom is 0.256 e. The van der Waals surface area contributed by atoms with E-state index in [2.05, 4.69) is 20.9 Å². The van der Waals surface area contributed by atoms with Crippen molar-refractivity contribution in [3.05, 3.63) is 58.5 Å². The Bertz CT molecular complexity index is 1160. The number of methoxy groups -OCH3 is 1. The van der Waals surface area contributed by atoms with Gasteiger partial charge in [0.15, 0.2) is 5.75 Å². The fourth-order valence-electron chi connectivity index (χ4n) is 4.43. The number of hydrogen-bond donors (Lipinski definition) is 4. The molecular weight excluding hydrogens is 516 g/mol. The second-order valence-corrected chi connectivity index (χ2v) is 9.58. The second-order valence-electron chi connectivity index (χ2n) is 8.77. The first kappa shape index (κ1) is 27.1. The van der Waals surface area contributed by atoms with E-state index in [-0.39, 0.29) is 29.5 Å². The summed E-state index contributed by atoms with van der Waals surface area (Å²) in [4.78, 5) is 17.4. The molecule has 1 saturated heterocycles. The molecule has 9 nitrogen and oxygen atoms in total. The number of benzene rings is 1. The van der Waals surface area contributed by atoms with Crippen LogP contribution in [0.15, 0.2) is 47.9 Å². The molecule has 37 heavy (non-hydrogen) atoms. The standard InChI is InChI=1S/C26H31ClN4O5S/c1-34-24-19(27)5-2-6-20(24)31-26(37)22-23(17(8-10-32)13-30-25(22)33)29-12-16-7-9-28-14-21(16)36-15-18-4-3-11-35-18/h2,5-7,9,14,17-18,29,32H,3-4,8,10-13,15H2,1H3,(H,30,33)(H,31,37)/t17?,18-/m0/s1. The number of aliphatic hydroxyl groups is 1. The Morgan fingerprint density at radius 3 is 3.00 bits per heavy atom. The lowest BCUT2D eigenvalue weighted by molar-refractivity contribution is -0.117. The third-order valence-electron chi connectivity index (χ3n) is 6.33. The Labute approximate surface area is 226 Å². The van der Waals surface area contributed by atoms with Crippen LogP contribution in [0.5, 0.6) is 11.5 Å². The van der Waals surface area contributed by atoms with E-state index in [4.69, 9.17) is 38.0 Å². The molecule has 1 amide bonds. The Balaban J connectivity index is 1.58. The molecule has 1 unspecified atom stereocenters. The Hall–Kier alpha value is -2.92. The number of halogens is 1. The number of nitrogens with zero attached hydrogens (tertiary/aromatic N) is 1. The van der Waals surface area contributed by atoms with E-state index in [0.717, 1.165) is 25.0 Å². The molecule has 1 fully saturated rings. The maximum absolute atomic E-state index is 13.0. The van der Waals surface area contributed by atoms with Gasteiger partial charge in [0.2, 0.25) is 0 Å². The minimum absolute atomic E-state index is 0.0354. The lowest BCUT2D eigenvalue weighted by Crippen LogP contribution is -2.44. The monoisotopic (exact) mass is 546 g/mol.